The molecule has 498 valence electrons. The van der Waals surface area contributed by atoms with Crippen LogP contribution in [0.3, 0.4) is 0 Å². The molecule has 1 unspecified atom stereocenters. The van der Waals surface area contributed by atoms with Crippen molar-refractivity contribution in [1.29, 1.82) is 5.26 Å². The van der Waals surface area contributed by atoms with Crippen LogP contribution in [0.5, 0.6) is 0 Å². The van der Waals surface area contributed by atoms with Gasteiger partial charge in [0.25, 0.3) is 0 Å². The average molecular weight is 1270 g/mol. The number of hydrogen-bond acceptors (Lipinski definition) is 13. The van der Waals surface area contributed by atoms with E-state index < -0.39 is 0 Å². The minimum atomic E-state index is -0.202. The first-order valence-corrected chi connectivity index (χ1v) is 34.2. The van der Waals surface area contributed by atoms with Crippen LogP contribution < -0.4 is 0 Å². The lowest BCUT2D eigenvalue weighted by Gasteiger charge is -2.28. The third kappa shape index (κ3) is 68.7. The Bertz CT molecular complexity index is 2230. The van der Waals surface area contributed by atoms with Crippen LogP contribution in [0.15, 0.2) is 89.9 Å². The first-order chi connectivity index (χ1) is 40.1. The van der Waals surface area contributed by atoms with Crippen LogP contribution >= 0.6 is 35.3 Å². The van der Waals surface area contributed by atoms with E-state index in [4.69, 9.17) is 43.2 Å². The fourth-order valence-corrected chi connectivity index (χ4v) is 10.0. The smallest absolute Gasteiger partial charge is 0.183 e. The second-order valence-corrected chi connectivity index (χ2v) is 35.9. The van der Waals surface area contributed by atoms with E-state index in [1.807, 2.05) is 86.4 Å². The summed E-state index contributed by atoms with van der Waals surface area (Å²) in [5.74, 6) is 9.49. The molecule has 1 saturated heterocycles. The molecular weight excluding hydrogens is 1140 g/mol. The van der Waals surface area contributed by atoms with Crippen LogP contribution in [0.2, 0.25) is 0 Å². The normalized spacial score (nSPS) is 16.0. The van der Waals surface area contributed by atoms with Crippen molar-refractivity contribution in [2.24, 2.45) is 21.2 Å². The monoisotopic (exact) mass is 1270 g/mol. The number of aliphatic imine (C=N–C) groups is 1. The molecule has 0 saturated carbocycles. The number of rotatable bonds is 7. The number of aryl methyl sites for hydroxylation is 1. The van der Waals surface area contributed by atoms with E-state index >= 15 is 0 Å². The Morgan fingerprint density at radius 3 is 1.28 bits per heavy atom. The summed E-state index contributed by atoms with van der Waals surface area (Å²) in [6, 6.07) is 31.6. The molecule has 0 aromatic heterocycles. The maximum Gasteiger partial charge on any atom is 0.183 e. The molecule has 2 aliphatic heterocycles. The second kappa shape index (κ2) is 46.1. The molecule has 1 atom stereocenters. The third-order valence-corrected chi connectivity index (χ3v) is 14.2. The standard InChI is InChI=1S/C17H34O7.C12H18S.C12H14.C11H16S.C8H15NO.C8H18S.C6H11N/c1-17(2,3)24-15-16-14-22-11-10-20-7-6-18-4-5-19-8-9-21-12-13-23-16;1-10-5-7-11(8-6-10)9-13-12(2,3)4;1-12(2,3)10-9-11-7-5-4-6-8-11;1-11(2,3)12-9-10-7-5-4-6-8-10;1-8(2,3)6-7-9-4-5-10-7;1-7(2,3)9-8(4,5)6;1-6(2,3)4-5-7/h16H,4-15H2,1-3H3;5-8H,9H2,1-4H3;4-8H,1-3H3;4-8H,9H2,1-3H3;4-6H2,1-3H3;1-6H3;4H2,1-3H3. The van der Waals surface area contributed by atoms with Crippen molar-refractivity contribution in [1.82, 2.24) is 0 Å². The maximum atomic E-state index is 8.15. The number of hydrogen-bond donors (Lipinski definition) is 0. The lowest BCUT2D eigenvalue weighted by Crippen LogP contribution is -2.32. The van der Waals surface area contributed by atoms with Crippen LogP contribution in [0.1, 0.15) is 201 Å². The number of ether oxygens (including phenoxy) is 8. The van der Waals surface area contributed by atoms with Gasteiger partial charge >= 0.3 is 0 Å². The van der Waals surface area contributed by atoms with E-state index in [9.17, 15) is 0 Å². The highest BCUT2D eigenvalue weighted by Gasteiger charge is 2.21. The molecule has 0 aliphatic carbocycles. The van der Waals surface area contributed by atoms with E-state index in [0.29, 0.717) is 110 Å². The lowest BCUT2D eigenvalue weighted by atomic mass is 9.92. The molecule has 0 spiro atoms. The molecule has 0 N–H and O–H groups in total. The van der Waals surface area contributed by atoms with Gasteiger partial charge in [0.15, 0.2) is 5.90 Å². The average Bonchev–Trinajstić information content (AvgIpc) is 4.06. The van der Waals surface area contributed by atoms with Gasteiger partial charge in [-0.05, 0) is 82.6 Å². The zero-order valence-corrected chi connectivity index (χ0v) is 62.2. The number of thioether (sulfide) groups is 3. The van der Waals surface area contributed by atoms with E-state index in [1.54, 1.807) is 0 Å². The zero-order valence-electron chi connectivity index (χ0n) is 59.8. The largest absolute Gasteiger partial charge is 0.479 e. The minimum absolute atomic E-state index is 0.0931. The Balaban J connectivity index is 0. The summed E-state index contributed by atoms with van der Waals surface area (Å²) in [4.78, 5) is 4.22. The van der Waals surface area contributed by atoms with Crippen molar-refractivity contribution in [3.63, 3.8) is 0 Å². The fraction of sp³-hybridized carbons (Fsp3) is 0.703. The highest BCUT2D eigenvalue weighted by Crippen LogP contribution is 2.35. The SMILES string of the molecule is CC(C)(C)C#Cc1ccccc1.CC(C)(C)CC#N.CC(C)(C)CC1=NCCO1.CC(C)(C)OCC1COCCOCCOCCOCCOCCO1.CC(C)(C)SC(C)(C)C.CC(C)(C)SCc1ccccc1.Cc1ccc(CSC(C)(C)C)cc1. The van der Waals surface area contributed by atoms with Crippen LogP contribution in [-0.4, -0.2) is 129 Å². The van der Waals surface area contributed by atoms with Gasteiger partial charge in [0.1, 0.15) is 12.7 Å². The molecule has 87 heavy (non-hydrogen) atoms. The maximum absolute atomic E-state index is 8.15. The molecule has 10 nitrogen and oxygen atoms in total. The van der Waals surface area contributed by atoms with Crippen molar-refractivity contribution in [3.05, 3.63) is 107 Å². The predicted octanol–water partition coefficient (Wildman–Crippen LogP) is 19.2. The van der Waals surface area contributed by atoms with Gasteiger partial charge in [-0.25, -0.2) is 0 Å². The van der Waals surface area contributed by atoms with E-state index in [0.717, 1.165) is 42.5 Å². The van der Waals surface area contributed by atoms with Crippen LogP contribution in [0.25, 0.3) is 0 Å². The molecule has 5 rings (SSSR count). The van der Waals surface area contributed by atoms with Crippen LogP contribution in [0.4, 0.5) is 0 Å². The molecule has 13 heteroatoms. The van der Waals surface area contributed by atoms with Crippen LogP contribution in [-0.2, 0) is 49.4 Å². The first-order valence-electron chi connectivity index (χ1n) is 31.4. The Kier molecular flexibility index (Phi) is 45.6. The van der Waals surface area contributed by atoms with Crippen LogP contribution in [0, 0.1) is 46.3 Å². The number of benzene rings is 3. The molecule has 0 radical (unpaired) electrons. The highest BCUT2D eigenvalue weighted by atomic mass is 32.2. The molecule has 3 aromatic rings. The quantitative estimate of drug-likeness (QED) is 0.210. The Labute approximate surface area is 548 Å². The highest BCUT2D eigenvalue weighted by molar-refractivity contribution is 8.01. The Morgan fingerprint density at radius 2 is 0.931 bits per heavy atom. The van der Waals surface area contributed by atoms with Crippen molar-refractivity contribution in [2.45, 2.75) is 228 Å². The van der Waals surface area contributed by atoms with Crippen molar-refractivity contribution in [2.75, 3.05) is 92.4 Å². The van der Waals surface area contributed by atoms with E-state index in [1.165, 1.54) is 16.7 Å². The molecule has 0 amide bonds. The van der Waals surface area contributed by atoms with Crippen molar-refractivity contribution in [3.8, 4) is 17.9 Å². The Morgan fingerprint density at radius 1 is 0.506 bits per heavy atom. The molecule has 1 fully saturated rings. The van der Waals surface area contributed by atoms with E-state index in [2.05, 4.69) is 230 Å². The summed E-state index contributed by atoms with van der Waals surface area (Å²) in [5, 5.41) is 8.15. The van der Waals surface area contributed by atoms with Crippen molar-refractivity contribution < 1.29 is 37.9 Å². The van der Waals surface area contributed by atoms with Gasteiger partial charge in [0, 0.05) is 54.3 Å². The summed E-state index contributed by atoms with van der Waals surface area (Å²) in [7, 11) is 0. The molecule has 3 aromatic carbocycles. The molecule has 2 aliphatic rings. The summed E-state index contributed by atoms with van der Waals surface area (Å²) >= 11 is 5.99. The minimum Gasteiger partial charge on any atom is -0.479 e. The lowest BCUT2D eigenvalue weighted by molar-refractivity contribution is -0.110. The predicted molar refractivity (Wildman–Crippen MR) is 381 cm³/mol. The zero-order chi connectivity index (χ0) is 66.7. The third-order valence-electron chi connectivity index (χ3n) is 10.3. The first kappa shape index (κ1) is 86.0. The number of nitriles is 1. The van der Waals surface area contributed by atoms with Gasteiger partial charge in [-0.15, -0.1) is 0 Å². The topological polar surface area (TPSA) is 110 Å². The summed E-state index contributed by atoms with van der Waals surface area (Å²) in [6.45, 7) is 62.3. The summed E-state index contributed by atoms with van der Waals surface area (Å²) < 4.78 is 45.8. The van der Waals surface area contributed by atoms with Gasteiger partial charge in [-0.1, -0.05) is 215 Å². The van der Waals surface area contributed by atoms with Gasteiger partial charge in [-0.3, -0.25) is 4.99 Å². The fourth-order valence-electron chi connectivity index (χ4n) is 6.59. The molecular formula is C74H126N2O8S3. The van der Waals surface area contributed by atoms with Crippen molar-refractivity contribution >= 4 is 41.2 Å². The van der Waals surface area contributed by atoms with Gasteiger partial charge in [0.05, 0.1) is 97.5 Å². The number of nitrogens with zero attached hydrogens (tertiary/aromatic N) is 2. The Hall–Kier alpha value is -3.05. The second-order valence-electron chi connectivity index (χ2n) is 29.7. The molecule has 0 bridgehead atoms. The summed E-state index contributed by atoms with van der Waals surface area (Å²) in [6.07, 6.45) is 1.49. The van der Waals surface area contributed by atoms with Gasteiger partial charge in [0.2, 0.25) is 0 Å². The van der Waals surface area contributed by atoms with Gasteiger partial charge in [-0.2, -0.15) is 40.5 Å². The van der Waals surface area contributed by atoms with E-state index in [-0.39, 0.29) is 22.5 Å². The molecule has 2 heterocycles. The summed E-state index contributed by atoms with van der Waals surface area (Å²) in [5.41, 5.74) is 5.65. The van der Waals surface area contributed by atoms with Gasteiger partial charge < -0.3 is 37.9 Å².